The van der Waals surface area contributed by atoms with Gasteiger partial charge in [0, 0.05) is 19.0 Å². The number of nitrogens with one attached hydrogen (secondary N) is 2. The van der Waals surface area contributed by atoms with E-state index < -0.39 is 34.4 Å². The number of rotatable bonds is 9. The number of thiophene rings is 1. The average Bonchev–Trinajstić information content (AvgIpc) is 3.30. The van der Waals surface area contributed by atoms with Crippen LogP contribution in [0.15, 0.2) is 40.6 Å². The molecule has 166 valence electrons. The Morgan fingerprint density at radius 2 is 1.87 bits per heavy atom. The lowest BCUT2D eigenvalue weighted by Crippen LogP contribution is -2.33. The zero-order valence-corrected chi connectivity index (χ0v) is 17.9. The van der Waals surface area contributed by atoms with Crippen LogP contribution in [-0.2, 0) is 24.3 Å². The zero-order valence-electron chi connectivity index (χ0n) is 16.3. The second-order valence-corrected chi connectivity index (χ2v) is 9.04. The van der Waals surface area contributed by atoms with Crippen molar-refractivity contribution in [3.63, 3.8) is 0 Å². The summed E-state index contributed by atoms with van der Waals surface area (Å²) in [6, 6.07) is 7.54. The molecule has 1 aromatic carbocycles. The van der Waals surface area contributed by atoms with Crippen LogP contribution in [0.1, 0.15) is 22.5 Å². The van der Waals surface area contributed by atoms with Gasteiger partial charge in [0.25, 0.3) is 11.8 Å². The molecule has 0 saturated heterocycles. The fourth-order valence-electron chi connectivity index (χ4n) is 2.56. The summed E-state index contributed by atoms with van der Waals surface area (Å²) >= 11 is 1.18. The molecule has 0 saturated carbocycles. The number of carbonyl (C=O) groups excluding carboxylic acids is 3. The normalized spacial score (nSPS) is 12.8. The lowest BCUT2D eigenvalue weighted by molar-refractivity contribution is -0.148. The van der Waals surface area contributed by atoms with Crippen molar-refractivity contribution in [3.05, 3.63) is 40.6 Å². The predicted molar refractivity (Wildman–Crippen MR) is 110 cm³/mol. The van der Waals surface area contributed by atoms with Gasteiger partial charge in [-0.05, 0) is 30.0 Å². The number of esters is 1. The second-order valence-electron chi connectivity index (χ2n) is 6.32. The number of sulfonamides is 1. The largest absolute Gasteiger partial charge is 0.486 e. The van der Waals surface area contributed by atoms with Gasteiger partial charge in [0.2, 0.25) is 10.0 Å². The van der Waals surface area contributed by atoms with Crippen molar-refractivity contribution >= 4 is 39.1 Å². The molecule has 0 atom stereocenters. The van der Waals surface area contributed by atoms with Crippen LogP contribution in [0.5, 0.6) is 11.5 Å². The minimum atomic E-state index is -3.79. The number of fused-ring (bicyclic) bond motifs is 1. The van der Waals surface area contributed by atoms with Gasteiger partial charge in [0.05, 0.1) is 9.77 Å². The maximum absolute atomic E-state index is 12.4. The summed E-state index contributed by atoms with van der Waals surface area (Å²) in [5.74, 6) is -1.16. The lowest BCUT2D eigenvalue weighted by atomic mass is 10.3. The van der Waals surface area contributed by atoms with E-state index in [0.717, 1.165) is 0 Å². The van der Waals surface area contributed by atoms with Gasteiger partial charge >= 0.3 is 5.97 Å². The maximum atomic E-state index is 12.4. The van der Waals surface area contributed by atoms with Gasteiger partial charge < -0.3 is 14.2 Å². The van der Waals surface area contributed by atoms with Crippen molar-refractivity contribution in [2.24, 2.45) is 0 Å². The minimum Gasteiger partial charge on any atom is -0.486 e. The standard InChI is InChI=1S/C19H20N2O8S2/c22-17(21-19(24)16-3-2-10-30-16)12-29-18(23)4-1-7-20-31(25,26)13-5-6-14-15(11-13)28-9-8-27-14/h2-3,5-6,10-11,20H,1,4,7-9,12H2,(H,21,22,24). The molecule has 0 unspecified atom stereocenters. The fraction of sp³-hybridized carbons (Fsp3) is 0.316. The molecule has 31 heavy (non-hydrogen) atoms. The van der Waals surface area contributed by atoms with Gasteiger partial charge in [0.15, 0.2) is 18.1 Å². The van der Waals surface area contributed by atoms with E-state index in [2.05, 4.69) is 10.0 Å². The number of hydrogen-bond acceptors (Lipinski definition) is 9. The van der Waals surface area contributed by atoms with E-state index in [0.29, 0.717) is 29.6 Å². The lowest BCUT2D eigenvalue weighted by Gasteiger charge is -2.18. The average molecular weight is 469 g/mol. The maximum Gasteiger partial charge on any atom is 0.306 e. The molecule has 3 rings (SSSR count). The van der Waals surface area contributed by atoms with Gasteiger partial charge in [-0.15, -0.1) is 11.3 Å². The van der Waals surface area contributed by atoms with E-state index in [1.54, 1.807) is 17.5 Å². The molecule has 0 radical (unpaired) electrons. The molecular weight excluding hydrogens is 448 g/mol. The Balaban J connectivity index is 1.36. The molecule has 12 heteroatoms. The van der Waals surface area contributed by atoms with Gasteiger partial charge in [-0.25, -0.2) is 13.1 Å². The number of imide groups is 1. The first-order chi connectivity index (χ1) is 14.8. The highest BCUT2D eigenvalue weighted by Crippen LogP contribution is 2.32. The van der Waals surface area contributed by atoms with Crippen molar-refractivity contribution in [1.29, 1.82) is 0 Å². The molecule has 2 amide bonds. The molecule has 2 N–H and O–H groups in total. The summed E-state index contributed by atoms with van der Waals surface area (Å²) in [4.78, 5) is 35.5. The number of amides is 2. The van der Waals surface area contributed by atoms with Gasteiger partial charge in [0.1, 0.15) is 13.2 Å². The molecular formula is C19H20N2O8S2. The van der Waals surface area contributed by atoms with Crippen LogP contribution in [0.4, 0.5) is 0 Å². The van der Waals surface area contributed by atoms with Crippen LogP contribution >= 0.6 is 11.3 Å². The molecule has 0 aliphatic carbocycles. The molecule has 1 aromatic heterocycles. The Bertz CT molecular complexity index is 1050. The van der Waals surface area contributed by atoms with E-state index in [1.165, 1.54) is 29.5 Å². The van der Waals surface area contributed by atoms with Crippen LogP contribution < -0.4 is 19.5 Å². The van der Waals surface area contributed by atoms with Crippen LogP contribution in [0.25, 0.3) is 0 Å². The summed E-state index contributed by atoms with van der Waals surface area (Å²) in [6.45, 7) is 0.139. The first-order valence-corrected chi connectivity index (χ1v) is 11.6. The van der Waals surface area contributed by atoms with Crippen LogP contribution in [0.3, 0.4) is 0 Å². The van der Waals surface area contributed by atoms with Crippen LogP contribution in [-0.4, -0.2) is 52.6 Å². The first-order valence-electron chi connectivity index (χ1n) is 9.28. The molecule has 0 fully saturated rings. The molecule has 2 aromatic rings. The Labute approximate surface area is 182 Å². The Kier molecular flexibility index (Phi) is 7.60. The Hall–Kier alpha value is -2.96. The van der Waals surface area contributed by atoms with Crippen molar-refractivity contribution in [3.8, 4) is 11.5 Å². The van der Waals surface area contributed by atoms with Gasteiger partial charge in [-0.3, -0.25) is 19.7 Å². The predicted octanol–water partition coefficient (Wildman–Crippen LogP) is 1.08. The highest BCUT2D eigenvalue weighted by Gasteiger charge is 2.19. The number of hydrogen-bond donors (Lipinski definition) is 2. The quantitative estimate of drug-likeness (QED) is 0.412. The highest BCUT2D eigenvalue weighted by molar-refractivity contribution is 7.89. The van der Waals surface area contributed by atoms with Crippen molar-refractivity contribution in [1.82, 2.24) is 10.0 Å². The van der Waals surface area contributed by atoms with E-state index in [9.17, 15) is 22.8 Å². The fourth-order valence-corrected chi connectivity index (χ4v) is 4.27. The highest BCUT2D eigenvalue weighted by atomic mass is 32.2. The van der Waals surface area contributed by atoms with Crippen molar-refractivity contribution < 1.29 is 37.0 Å². The topological polar surface area (TPSA) is 137 Å². The minimum absolute atomic E-state index is 0.00502. The smallest absolute Gasteiger partial charge is 0.306 e. The van der Waals surface area contributed by atoms with E-state index in [-0.39, 0.29) is 24.3 Å². The number of ether oxygens (including phenoxy) is 3. The molecule has 10 nitrogen and oxygen atoms in total. The summed E-state index contributed by atoms with van der Waals surface area (Å²) < 4.78 is 42.7. The van der Waals surface area contributed by atoms with E-state index in [4.69, 9.17) is 14.2 Å². The summed E-state index contributed by atoms with van der Waals surface area (Å²) in [7, 11) is -3.79. The molecule has 0 bridgehead atoms. The summed E-state index contributed by atoms with van der Waals surface area (Å²) in [5.41, 5.74) is 0. The number of benzene rings is 1. The Morgan fingerprint density at radius 3 is 2.61 bits per heavy atom. The molecule has 1 aliphatic heterocycles. The SMILES string of the molecule is O=C(COC(=O)CCCNS(=O)(=O)c1ccc2c(c1)OCCO2)NC(=O)c1cccs1. The third-order valence-corrected chi connectivity index (χ3v) is 6.36. The first kappa shape index (κ1) is 22.7. The summed E-state index contributed by atoms with van der Waals surface area (Å²) in [5, 5.41) is 3.81. The van der Waals surface area contributed by atoms with Crippen LogP contribution in [0.2, 0.25) is 0 Å². The van der Waals surface area contributed by atoms with Gasteiger partial charge in [-0.1, -0.05) is 6.07 Å². The second kappa shape index (κ2) is 10.4. The van der Waals surface area contributed by atoms with Crippen LogP contribution in [0, 0.1) is 0 Å². The third-order valence-electron chi connectivity index (χ3n) is 4.04. The summed E-state index contributed by atoms with van der Waals surface area (Å²) in [6.07, 6.45) is 0.0637. The van der Waals surface area contributed by atoms with Gasteiger partial charge in [-0.2, -0.15) is 0 Å². The van der Waals surface area contributed by atoms with E-state index in [1.807, 2.05) is 0 Å². The van der Waals surface area contributed by atoms with E-state index >= 15 is 0 Å². The molecule has 2 heterocycles. The third kappa shape index (κ3) is 6.51. The Morgan fingerprint density at radius 1 is 1.10 bits per heavy atom. The zero-order chi connectivity index (χ0) is 22.3. The van der Waals surface area contributed by atoms with Crippen molar-refractivity contribution in [2.75, 3.05) is 26.4 Å². The molecule has 1 aliphatic rings. The van der Waals surface area contributed by atoms with Crippen molar-refractivity contribution in [2.45, 2.75) is 17.7 Å². The molecule has 0 spiro atoms. The monoisotopic (exact) mass is 468 g/mol. The number of carbonyl (C=O) groups is 3.